The molecule has 3 amide bonds. The Labute approximate surface area is 163 Å². The molecule has 0 aromatic heterocycles. The lowest BCUT2D eigenvalue weighted by Gasteiger charge is -2.19. The molecular formula is C22H22N2O4. The highest BCUT2D eigenvalue weighted by Crippen LogP contribution is 2.37. The van der Waals surface area contributed by atoms with E-state index in [2.05, 4.69) is 5.32 Å². The Morgan fingerprint density at radius 2 is 1.46 bits per heavy atom. The van der Waals surface area contributed by atoms with Crippen LogP contribution in [0.4, 0.5) is 5.69 Å². The standard InChI is InChI=1S/C22H22N2O4/c25-20(14-24-21(26)18-8-4-5-9-19(18)22(24)27)23-15-10-12-17(13-11-15)28-16-6-2-1-3-7-16/h1-3,6-7,10-13,18-19H,4-5,8-9,14H2,(H,23,25)/t18-,19+. The summed E-state index contributed by atoms with van der Waals surface area (Å²) in [6.45, 7) is -0.229. The third-order valence-corrected chi connectivity index (χ3v) is 5.35. The number of carbonyl (C=O) groups excluding carboxylic acids is 3. The normalized spacial score (nSPS) is 21.4. The smallest absolute Gasteiger partial charge is 0.244 e. The van der Waals surface area contributed by atoms with Gasteiger partial charge in [0.2, 0.25) is 17.7 Å². The van der Waals surface area contributed by atoms with Crippen molar-refractivity contribution in [3.05, 3.63) is 54.6 Å². The van der Waals surface area contributed by atoms with Gasteiger partial charge in [0.05, 0.1) is 11.8 Å². The quantitative estimate of drug-likeness (QED) is 0.807. The number of hydrogen-bond acceptors (Lipinski definition) is 4. The van der Waals surface area contributed by atoms with E-state index in [1.165, 1.54) is 0 Å². The highest BCUT2D eigenvalue weighted by molar-refractivity contribution is 6.08. The Balaban J connectivity index is 1.35. The minimum atomic E-state index is -0.378. The second kappa shape index (κ2) is 7.84. The van der Waals surface area contributed by atoms with Crippen molar-refractivity contribution in [2.75, 3.05) is 11.9 Å². The van der Waals surface area contributed by atoms with Gasteiger partial charge in [0.1, 0.15) is 18.0 Å². The summed E-state index contributed by atoms with van der Waals surface area (Å²) in [4.78, 5) is 38.4. The van der Waals surface area contributed by atoms with Crippen molar-refractivity contribution in [2.24, 2.45) is 11.8 Å². The maximum atomic E-state index is 12.5. The lowest BCUT2D eigenvalue weighted by Crippen LogP contribution is -2.38. The van der Waals surface area contributed by atoms with Crippen molar-refractivity contribution in [1.82, 2.24) is 4.90 Å². The monoisotopic (exact) mass is 378 g/mol. The van der Waals surface area contributed by atoms with Crippen molar-refractivity contribution in [3.8, 4) is 11.5 Å². The molecule has 1 saturated heterocycles. The number of rotatable bonds is 5. The molecule has 2 fully saturated rings. The van der Waals surface area contributed by atoms with Crippen LogP contribution in [0.3, 0.4) is 0 Å². The van der Waals surface area contributed by atoms with E-state index in [-0.39, 0.29) is 36.1 Å². The van der Waals surface area contributed by atoms with E-state index in [1.54, 1.807) is 24.3 Å². The first-order chi connectivity index (χ1) is 13.6. The number of ether oxygens (including phenoxy) is 1. The maximum Gasteiger partial charge on any atom is 0.244 e. The third-order valence-electron chi connectivity index (χ3n) is 5.35. The van der Waals surface area contributed by atoms with Crippen molar-refractivity contribution in [1.29, 1.82) is 0 Å². The number of benzene rings is 2. The van der Waals surface area contributed by atoms with Gasteiger partial charge in [0, 0.05) is 5.69 Å². The van der Waals surface area contributed by atoms with E-state index >= 15 is 0 Å². The van der Waals surface area contributed by atoms with Crippen LogP contribution in [0.1, 0.15) is 25.7 Å². The number of hydrogen-bond donors (Lipinski definition) is 1. The zero-order valence-corrected chi connectivity index (χ0v) is 15.5. The fourth-order valence-electron chi connectivity index (χ4n) is 3.96. The molecule has 2 atom stereocenters. The highest BCUT2D eigenvalue weighted by Gasteiger charge is 2.48. The number of nitrogens with zero attached hydrogens (tertiary/aromatic N) is 1. The maximum absolute atomic E-state index is 12.5. The van der Waals surface area contributed by atoms with Crippen LogP contribution in [0.25, 0.3) is 0 Å². The molecule has 0 bridgehead atoms. The number of anilines is 1. The predicted molar refractivity (Wildman–Crippen MR) is 104 cm³/mol. The molecule has 144 valence electrons. The number of amides is 3. The topological polar surface area (TPSA) is 75.7 Å². The molecule has 0 spiro atoms. The highest BCUT2D eigenvalue weighted by atomic mass is 16.5. The van der Waals surface area contributed by atoms with E-state index in [1.807, 2.05) is 30.3 Å². The van der Waals surface area contributed by atoms with Crippen molar-refractivity contribution in [3.63, 3.8) is 0 Å². The van der Waals surface area contributed by atoms with E-state index in [4.69, 9.17) is 4.74 Å². The Hall–Kier alpha value is -3.15. The number of nitrogens with one attached hydrogen (secondary N) is 1. The molecule has 6 heteroatoms. The molecule has 1 aliphatic heterocycles. The van der Waals surface area contributed by atoms with Crippen LogP contribution in [0.2, 0.25) is 0 Å². The fourth-order valence-corrected chi connectivity index (χ4v) is 3.96. The molecule has 6 nitrogen and oxygen atoms in total. The molecule has 1 saturated carbocycles. The summed E-state index contributed by atoms with van der Waals surface area (Å²) in [5.74, 6) is 0.141. The van der Waals surface area contributed by atoms with Crippen molar-refractivity contribution in [2.45, 2.75) is 25.7 Å². The van der Waals surface area contributed by atoms with Gasteiger partial charge in [-0.05, 0) is 49.2 Å². The molecule has 28 heavy (non-hydrogen) atoms. The number of para-hydroxylation sites is 1. The van der Waals surface area contributed by atoms with Gasteiger partial charge in [-0.15, -0.1) is 0 Å². The van der Waals surface area contributed by atoms with Crippen molar-refractivity contribution >= 4 is 23.4 Å². The Kier molecular flexibility index (Phi) is 5.10. The first kappa shape index (κ1) is 18.2. The summed E-state index contributed by atoms with van der Waals surface area (Å²) >= 11 is 0. The Bertz CT molecular complexity index is 855. The zero-order chi connectivity index (χ0) is 19.5. The van der Waals surface area contributed by atoms with Gasteiger partial charge < -0.3 is 10.1 Å². The molecule has 0 radical (unpaired) electrons. The summed E-state index contributed by atoms with van der Waals surface area (Å²) < 4.78 is 5.72. The van der Waals surface area contributed by atoms with E-state index in [0.29, 0.717) is 11.4 Å². The predicted octanol–water partition coefficient (Wildman–Crippen LogP) is 3.59. The molecule has 1 heterocycles. The van der Waals surface area contributed by atoms with Crippen LogP contribution in [-0.4, -0.2) is 29.2 Å². The van der Waals surface area contributed by atoms with Crippen LogP contribution < -0.4 is 10.1 Å². The minimum Gasteiger partial charge on any atom is -0.457 e. The second-order valence-electron chi connectivity index (χ2n) is 7.25. The van der Waals surface area contributed by atoms with Crippen LogP contribution in [0.15, 0.2) is 54.6 Å². The average molecular weight is 378 g/mol. The number of imide groups is 1. The average Bonchev–Trinajstić information content (AvgIpc) is 2.95. The molecule has 1 aliphatic carbocycles. The van der Waals surface area contributed by atoms with Crippen LogP contribution in [0.5, 0.6) is 11.5 Å². The third kappa shape index (κ3) is 3.76. The molecule has 4 rings (SSSR count). The fraction of sp³-hybridized carbons (Fsp3) is 0.318. The van der Waals surface area contributed by atoms with Gasteiger partial charge in [-0.1, -0.05) is 31.0 Å². The summed E-state index contributed by atoms with van der Waals surface area (Å²) in [7, 11) is 0. The minimum absolute atomic E-state index is 0.198. The van der Waals surface area contributed by atoms with E-state index < -0.39 is 0 Å². The van der Waals surface area contributed by atoms with Crippen LogP contribution >= 0.6 is 0 Å². The van der Waals surface area contributed by atoms with Gasteiger partial charge in [-0.25, -0.2) is 0 Å². The van der Waals surface area contributed by atoms with Gasteiger partial charge in [-0.2, -0.15) is 0 Å². The lowest BCUT2D eigenvalue weighted by molar-refractivity contribution is -0.142. The van der Waals surface area contributed by atoms with Gasteiger partial charge in [0.15, 0.2) is 0 Å². The van der Waals surface area contributed by atoms with Gasteiger partial charge >= 0.3 is 0 Å². The Morgan fingerprint density at radius 1 is 0.893 bits per heavy atom. The lowest BCUT2D eigenvalue weighted by atomic mass is 9.81. The molecule has 2 aromatic rings. The number of fused-ring (bicyclic) bond motifs is 1. The summed E-state index contributed by atoms with van der Waals surface area (Å²) in [6, 6.07) is 16.4. The molecule has 2 aromatic carbocycles. The van der Waals surface area contributed by atoms with Crippen molar-refractivity contribution < 1.29 is 19.1 Å². The largest absolute Gasteiger partial charge is 0.457 e. The molecule has 2 aliphatic rings. The first-order valence-electron chi connectivity index (χ1n) is 9.60. The van der Waals surface area contributed by atoms with Crippen LogP contribution in [0, 0.1) is 11.8 Å². The SMILES string of the molecule is O=C(CN1C(=O)[C@H]2CCCC[C@H]2C1=O)Nc1ccc(Oc2ccccc2)cc1. The Morgan fingerprint density at radius 3 is 2.07 bits per heavy atom. The summed E-state index contributed by atoms with van der Waals surface area (Å²) in [6.07, 6.45) is 3.43. The molecule has 1 N–H and O–H groups in total. The zero-order valence-electron chi connectivity index (χ0n) is 15.5. The van der Waals surface area contributed by atoms with Gasteiger partial charge in [0.25, 0.3) is 0 Å². The number of likely N-dealkylation sites (tertiary alicyclic amines) is 1. The van der Waals surface area contributed by atoms with E-state index in [0.717, 1.165) is 36.3 Å². The first-order valence-corrected chi connectivity index (χ1v) is 9.60. The molecule has 0 unspecified atom stereocenters. The number of carbonyl (C=O) groups is 3. The molecular weight excluding hydrogens is 356 g/mol. The van der Waals surface area contributed by atoms with E-state index in [9.17, 15) is 14.4 Å². The summed E-state index contributed by atoms with van der Waals surface area (Å²) in [5.41, 5.74) is 0.585. The van der Waals surface area contributed by atoms with Gasteiger partial charge in [-0.3, -0.25) is 19.3 Å². The second-order valence-corrected chi connectivity index (χ2v) is 7.25. The van der Waals surface area contributed by atoms with Crippen LogP contribution in [-0.2, 0) is 14.4 Å². The summed E-state index contributed by atoms with van der Waals surface area (Å²) in [5, 5.41) is 2.74.